The molecule has 5 nitrogen and oxygen atoms in total. The first-order valence-electron chi connectivity index (χ1n) is 7.47. The van der Waals surface area contributed by atoms with Crippen LogP contribution in [0.15, 0.2) is 6.20 Å². The van der Waals surface area contributed by atoms with Gasteiger partial charge in [0.2, 0.25) is 10.0 Å². The Balaban J connectivity index is 1.75. The third kappa shape index (κ3) is 2.39. The van der Waals surface area contributed by atoms with E-state index in [1.807, 2.05) is 24.7 Å². The zero-order valence-corrected chi connectivity index (χ0v) is 13.1. The van der Waals surface area contributed by atoms with E-state index in [1.54, 1.807) is 4.31 Å². The Morgan fingerprint density at radius 1 is 1.25 bits per heavy atom. The van der Waals surface area contributed by atoms with Crippen molar-refractivity contribution in [3.8, 4) is 0 Å². The molecular formula is C14H23N3O2S. The molecule has 2 heterocycles. The second kappa shape index (κ2) is 5.15. The van der Waals surface area contributed by atoms with Gasteiger partial charge in [-0.05, 0) is 26.2 Å². The van der Waals surface area contributed by atoms with Crippen molar-refractivity contribution in [2.75, 3.05) is 13.1 Å². The summed E-state index contributed by atoms with van der Waals surface area (Å²) in [5.41, 5.74) is 1.000. The fourth-order valence-corrected chi connectivity index (χ4v) is 5.68. The lowest BCUT2D eigenvalue weighted by Crippen LogP contribution is -2.36. The number of hydrogen-bond acceptors (Lipinski definition) is 3. The van der Waals surface area contributed by atoms with Crippen LogP contribution in [-0.4, -0.2) is 40.6 Å². The monoisotopic (exact) mass is 297 g/mol. The van der Waals surface area contributed by atoms with Crippen molar-refractivity contribution < 1.29 is 8.42 Å². The molecule has 1 saturated carbocycles. The summed E-state index contributed by atoms with van der Waals surface area (Å²) in [6.07, 6.45) is 6.68. The zero-order valence-electron chi connectivity index (χ0n) is 12.2. The van der Waals surface area contributed by atoms with Gasteiger partial charge in [0, 0.05) is 32.3 Å². The summed E-state index contributed by atoms with van der Waals surface area (Å²) in [7, 11) is -1.10. The van der Waals surface area contributed by atoms with E-state index in [4.69, 9.17) is 0 Å². The molecule has 20 heavy (non-hydrogen) atoms. The van der Waals surface area contributed by atoms with E-state index in [1.165, 1.54) is 0 Å². The van der Waals surface area contributed by atoms with Gasteiger partial charge in [0.25, 0.3) is 0 Å². The Morgan fingerprint density at radius 3 is 2.55 bits per heavy atom. The number of sulfonamides is 1. The van der Waals surface area contributed by atoms with Crippen molar-refractivity contribution in [2.24, 2.45) is 7.05 Å². The van der Waals surface area contributed by atoms with Crippen LogP contribution in [0.2, 0.25) is 0 Å². The minimum Gasteiger partial charge on any atom is -0.337 e. The molecule has 3 rings (SSSR count). The predicted octanol–water partition coefficient (Wildman–Crippen LogP) is 1.79. The third-order valence-electron chi connectivity index (χ3n) is 4.63. The van der Waals surface area contributed by atoms with E-state index >= 15 is 0 Å². The van der Waals surface area contributed by atoms with Crippen LogP contribution >= 0.6 is 0 Å². The normalized spacial score (nSPS) is 25.6. The van der Waals surface area contributed by atoms with E-state index in [0.717, 1.165) is 43.6 Å². The number of imidazole rings is 1. The minimum absolute atomic E-state index is 0.135. The maximum atomic E-state index is 12.6. The van der Waals surface area contributed by atoms with Crippen molar-refractivity contribution in [3.63, 3.8) is 0 Å². The summed E-state index contributed by atoms with van der Waals surface area (Å²) in [5.74, 6) is 1.26. The number of hydrogen-bond donors (Lipinski definition) is 0. The summed E-state index contributed by atoms with van der Waals surface area (Å²) in [6.45, 7) is 3.23. The van der Waals surface area contributed by atoms with Crippen molar-refractivity contribution in [1.82, 2.24) is 13.9 Å². The fourth-order valence-electron chi connectivity index (χ4n) is 3.58. The molecule has 1 aliphatic heterocycles. The molecule has 0 radical (unpaired) electrons. The second-order valence-corrected chi connectivity index (χ2v) is 8.36. The maximum absolute atomic E-state index is 12.6. The highest BCUT2D eigenvalue weighted by Crippen LogP contribution is 2.33. The first-order valence-corrected chi connectivity index (χ1v) is 8.97. The second-order valence-electron chi connectivity index (χ2n) is 6.15. The van der Waals surface area contributed by atoms with Gasteiger partial charge in [-0.15, -0.1) is 0 Å². The lowest BCUT2D eigenvalue weighted by Gasteiger charge is -2.21. The maximum Gasteiger partial charge on any atom is 0.217 e. The van der Waals surface area contributed by atoms with E-state index < -0.39 is 10.0 Å². The van der Waals surface area contributed by atoms with E-state index in [2.05, 4.69) is 4.98 Å². The van der Waals surface area contributed by atoms with Gasteiger partial charge in [0.1, 0.15) is 5.82 Å². The van der Waals surface area contributed by atoms with Crippen molar-refractivity contribution in [2.45, 2.75) is 50.2 Å². The molecule has 6 heteroatoms. The Kier molecular flexibility index (Phi) is 3.62. The number of aromatic nitrogens is 2. The van der Waals surface area contributed by atoms with Crippen LogP contribution in [0.25, 0.3) is 0 Å². The zero-order chi connectivity index (χ0) is 14.3. The van der Waals surface area contributed by atoms with Gasteiger partial charge in [0.05, 0.1) is 10.9 Å². The Hall–Kier alpha value is -0.880. The number of nitrogens with zero attached hydrogens (tertiary/aromatic N) is 3. The molecule has 0 amide bonds. The van der Waals surface area contributed by atoms with Gasteiger partial charge in [-0.25, -0.2) is 17.7 Å². The van der Waals surface area contributed by atoms with Gasteiger partial charge < -0.3 is 4.57 Å². The van der Waals surface area contributed by atoms with Gasteiger partial charge in [0.15, 0.2) is 0 Å². The average Bonchev–Trinajstić information content (AvgIpc) is 3.08. The Morgan fingerprint density at radius 2 is 1.95 bits per heavy atom. The molecule has 2 fully saturated rings. The molecule has 1 aliphatic carbocycles. The first-order chi connectivity index (χ1) is 9.48. The highest BCUT2D eigenvalue weighted by atomic mass is 32.2. The Bertz CT molecular complexity index is 588. The molecule has 1 aromatic rings. The summed E-state index contributed by atoms with van der Waals surface area (Å²) in [5, 5.41) is -0.135. The first kappa shape index (κ1) is 14.1. The SMILES string of the molecule is Cc1cn(C)c([C@H]2CCN(S(=O)(=O)C3CCCC3)C2)n1. The molecule has 112 valence electrons. The third-order valence-corrected chi connectivity index (χ3v) is 7.00. The van der Waals surface area contributed by atoms with E-state index in [0.29, 0.717) is 13.1 Å². The molecule has 1 aromatic heterocycles. The van der Waals surface area contributed by atoms with E-state index in [-0.39, 0.29) is 11.2 Å². The lowest BCUT2D eigenvalue weighted by molar-refractivity contribution is 0.458. The van der Waals surface area contributed by atoms with Gasteiger partial charge in [-0.2, -0.15) is 0 Å². The van der Waals surface area contributed by atoms with Crippen LogP contribution in [-0.2, 0) is 17.1 Å². The molecule has 1 atom stereocenters. The largest absolute Gasteiger partial charge is 0.337 e. The fraction of sp³-hybridized carbons (Fsp3) is 0.786. The van der Waals surface area contributed by atoms with Crippen molar-refractivity contribution in [1.29, 1.82) is 0 Å². The van der Waals surface area contributed by atoms with E-state index in [9.17, 15) is 8.42 Å². The summed E-state index contributed by atoms with van der Waals surface area (Å²) >= 11 is 0. The molecular weight excluding hydrogens is 274 g/mol. The minimum atomic E-state index is -3.09. The lowest BCUT2D eigenvalue weighted by atomic mass is 10.1. The predicted molar refractivity (Wildman–Crippen MR) is 78.1 cm³/mol. The van der Waals surface area contributed by atoms with Crippen LogP contribution in [0.1, 0.15) is 49.5 Å². The average molecular weight is 297 g/mol. The van der Waals surface area contributed by atoms with Crippen LogP contribution in [0, 0.1) is 6.92 Å². The number of aryl methyl sites for hydroxylation is 2. The van der Waals surface area contributed by atoms with Crippen molar-refractivity contribution in [3.05, 3.63) is 17.7 Å². The summed E-state index contributed by atoms with van der Waals surface area (Å²) in [6, 6.07) is 0. The van der Waals surface area contributed by atoms with Crippen LogP contribution in [0.5, 0.6) is 0 Å². The molecule has 0 spiro atoms. The molecule has 0 unspecified atom stereocenters. The highest BCUT2D eigenvalue weighted by Gasteiger charge is 2.39. The molecule has 0 N–H and O–H groups in total. The molecule has 0 bridgehead atoms. The van der Waals surface area contributed by atoms with Crippen LogP contribution in [0.3, 0.4) is 0 Å². The molecule has 2 aliphatic rings. The highest BCUT2D eigenvalue weighted by molar-refractivity contribution is 7.89. The molecule has 0 aromatic carbocycles. The van der Waals surface area contributed by atoms with Gasteiger partial charge in [-0.3, -0.25) is 0 Å². The summed E-state index contributed by atoms with van der Waals surface area (Å²) < 4.78 is 28.9. The van der Waals surface area contributed by atoms with Crippen LogP contribution in [0.4, 0.5) is 0 Å². The Labute approximate surface area is 121 Å². The molecule has 1 saturated heterocycles. The topological polar surface area (TPSA) is 55.2 Å². The summed E-state index contributed by atoms with van der Waals surface area (Å²) in [4.78, 5) is 4.55. The van der Waals surface area contributed by atoms with Gasteiger partial charge in [-0.1, -0.05) is 12.8 Å². The number of rotatable bonds is 3. The standard InChI is InChI=1S/C14H23N3O2S/c1-11-9-16(2)14(15-11)12-7-8-17(10-12)20(18,19)13-5-3-4-6-13/h9,12-13H,3-8,10H2,1-2H3/t12-/m0/s1. The van der Waals surface area contributed by atoms with Gasteiger partial charge >= 0.3 is 0 Å². The smallest absolute Gasteiger partial charge is 0.217 e. The van der Waals surface area contributed by atoms with Crippen LogP contribution < -0.4 is 0 Å². The van der Waals surface area contributed by atoms with Crippen molar-refractivity contribution >= 4 is 10.0 Å². The quantitative estimate of drug-likeness (QED) is 0.854.